The van der Waals surface area contributed by atoms with Crippen molar-refractivity contribution in [3.63, 3.8) is 0 Å². The number of benzene rings is 2. The number of amides is 2. The fourth-order valence-corrected chi connectivity index (χ4v) is 4.83. The fourth-order valence-electron chi connectivity index (χ4n) is 4.83. The summed E-state index contributed by atoms with van der Waals surface area (Å²) in [5, 5.41) is 22.5. The molecule has 0 aromatic heterocycles. The number of urea groups is 1. The Labute approximate surface area is 212 Å². The SMILES string of the molecule is CN=C(N=C(C)c1ccc(OC(C)C)c(C#N)c1)c1cccc2c1CC[C@@H]2NC(=O)N1CC[C@@H](O)C1. The minimum atomic E-state index is -0.439. The third kappa shape index (κ3) is 5.42. The fraction of sp³-hybridized carbons (Fsp3) is 0.429. The summed E-state index contributed by atoms with van der Waals surface area (Å²) in [6, 6.07) is 13.5. The number of fused-ring (bicyclic) bond motifs is 1. The number of nitrogens with zero attached hydrogens (tertiary/aromatic N) is 4. The molecule has 1 heterocycles. The first kappa shape index (κ1) is 25.4. The molecule has 1 fully saturated rings. The molecule has 0 spiro atoms. The normalized spacial score (nSPS) is 19.9. The van der Waals surface area contributed by atoms with Gasteiger partial charge in [-0.05, 0) is 74.9 Å². The second kappa shape index (κ2) is 10.9. The van der Waals surface area contributed by atoms with E-state index in [2.05, 4.69) is 16.4 Å². The zero-order chi connectivity index (χ0) is 25.8. The maximum atomic E-state index is 12.7. The van der Waals surface area contributed by atoms with Crippen LogP contribution in [0.3, 0.4) is 0 Å². The lowest BCUT2D eigenvalue weighted by molar-refractivity contribution is 0.170. The molecule has 188 valence electrons. The summed E-state index contributed by atoms with van der Waals surface area (Å²) in [5.74, 6) is 1.17. The average Bonchev–Trinajstić information content (AvgIpc) is 3.48. The lowest BCUT2D eigenvalue weighted by Gasteiger charge is -2.21. The summed E-state index contributed by atoms with van der Waals surface area (Å²) in [4.78, 5) is 23.7. The average molecular weight is 488 g/mol. The first-order valence-corrected chi connectivity index (χ1v) is 12.4. The summed E-state index contributed by atoms with van der Waals surface area (Å²) < 4.78 is 5.74. The van der Waals surface area contributed by atoms with Crippen LogP contribution >= 0.6 is 0 Å². The van der Waals surface area contributed by atoms with Gasteiger partial charge < -0.3 is 20.1 Å². The van der Waals surface area contributed by atoms with E-state index in [1.807, 2.05) is 51.1 Å². The van der Waals surface area contributed by atoms with Crippen LogP contribution in [0, 0.1) is 11.3 Å². The Balaban J connectivity index is 1.56. The standard InChI is InChI=1S/C28H33N5O3/c1-17(2)36-26-11-8-19(14-20(26)15-29)18(3)31-27(30-4)24-7-5-6-23-22(24)9-10-25(23)32-28(35)33-13-12-21(34)16-33/h5-8,11,14,17,21,25,34H,9-10,12-13,16H2,1-4H3,(H,32,35)/t21-,25+/m1/s1. The van der Waals surface area contributed by atoms with Gasteiger partial charge in [-0.15, -0.1) is 0 Å². The summed E-state index contributed by atoms with van der Waals surface area (Å²) >= 11 is 0. The number of amidine groups is 1. The molecule has 2 amide bonds. The number of aliphatic hydroxyl groups excluding tert-OH is 1. The largest absolute Gasteiger partial charge is 0.490 e. The van der Waals surface area contributed by atoms with Crippen molar-refractivity contribution in [1.29, 1.82) is 5.26 Å². The second-order valence-corrected chi connectivity index (χ2v) is 9.54. The van der Waals surface area contributed by atoms with Crippen LogP contribution in [-0.2, 0) is 6.42 Å². The van der Waals surface area contributed by atoms with E-state index in [4.69, 9.17) is 9.73 Å². The Morgan fingerprint density at radius 3 is 2.75 bits per heavy atom. The predicted octanol–water partition coefficient (Wildman–Crippen LogP) is 3.99. The number of rotatable bonds is 5. The molecule has 8 heteroatoms. The highest BCUT2D eigenvalue weighted by molar-refractivity contribution is 6.12. The number of nitriles is 1. The van der Waals surface area contributed by atoms with Crippen LogP contribution in [0.4, 0.5) is 4.79 Å². The summed E-state index contributed by atoms with van der Waals surface area (Å²) in [5.41, 5.74) is 5.21. The molecule has 2 atom stereocenters. The molecule has 2 aromatic carbocycles. The molecule has 1 aliphatic heterocycles. The minimum absolute atomic E-state index is 0.0210. The van der Waals surface area contributed by atoms with Gasteiger partial charge in [-0.1, -0.05) is 18.2 Å². The number of aliphatic hydroxyl groups is 1. The predicted molar refractivity (Wildman–Crippen MR) is 140 cm³/mol. The van der Waals surface area contributed by atoms with E-state index in [0.717, 1.165) is 40.8 Å². The van der Waals surface area contributed by atoms with E-state index in [-0.39, 0.29) is 18.2 Å². The number of carbonyl (C=O) groups is 1. The highest BCUT2D eigenvalue weighted by Gasteiger charge is 2.30. The van der Waals surface area contributed by atoms with E-state index < -0.39 is 6.10 Å². The third-order valence-electron chi connectivity index (χ3n) is 6.63. The van der Waals surface area contributed by atoms with Crippen LogP contribution in [0.2, 0.25) is 0 Å². The van der Waals surface area contributed by atoms with Crippen molar-refractivity contribution in [2.45, 2.75) is 58.3 Å². The number of carbonyl (C=O) groups excluding carboxylic acids is 1. The first-order chi connectivity index (χ1) is 17.3. The van der Waals surface area contributed by atoms with Gasteiger partial charge in [-0.25, -0.2) is 9.79 Å². The Bertz CT molecular complexity index is 1240. The Morgan fingerprint density at radius 2 is 2.08 bits per heavy atom. The van der Waals surface area contributed by atoms with E-state index >= 15 is 0 Å². The first-order valence-electron chi connectivity index (χ1n) is 12.4. The smallest absolute Gasteiger partial charge is 0.317 e. The monoisotopic (exact) mass is 487 g/mol. The quantitative estimate of drug-likeness (QED) is 0.491. The van der Waals surface area contributed by atoms with Crippen molar-refractivity contribution in [3.8, 4) is 11.8 Å². The molecule has 2 aromatic rings. The van der Waals surface area contributed by atoms with Crippen molar-refractivity contribution in [3.05, 3.63) is 64.2 Å². The van der Waals surface area contributed by atoms with Gasteiger partial charge >= 0.3 is 6.03 Å². The van der Waals surface area contributed by atoms with Crippen molar-refractivity contribution in [1.82, 2.24) is 10.2 Å². The van der Waals surface area contributed by atoms with Crippen LogP contribution in [0.25, 0.3) is 0 Å². The summed E-state index contributed by atoms with van der Waals surface area (Å²) in [7, 11) is 1.72. The van der Waals surface area contributed by atoms with Gasteiger partial charge in [0.2, 0.25) is 0 Å². The van der Waals surface area contributed by atoms with Gasteiger partial charge in [0.05, 0.1) is 23.8 Å². The van der Waals surface area contributed by atoms with Gasteiger partial charge in [0, 0.05) is 31.4 Å². The molecule has 4 rings (SSSR count). The summed E-state index contributed by atoms with van der Waals surface area (Å²) in [6.07, 6.45) is 1.78. The topological polar surface area (TPSA) is 110 Å². The highest BCUT2D eigenvalue weighted by atomic mass is 16.5. The number of nitrogens with one attached hydrogen (secondary N) is 1. The van der Waals surface area contributed by atoms with Crippen molar-refractivity contribution in [2.24, 2.45) is 9.98 Å². The number of hydrogen-bond donors (Lipinski definition) is 2. The van der Waals surface area contributed by atoms with Crippen LogP contribution in [0.5, 0.6) is 5.75 Å². The van der Waals surface area contributed by atoms with Crippen molar-refractivity contribution >= 4 is 17.6 Å². The number of β-amino-alcohol motifs (C(OH)–C–C–N with tert-alkyl or cyclic N) is 1. The van der Waals surface area contributed by atoms with Gasteiger partial charge in [0.15, 0.2) is 5.84 Å². The minimum Gasteiger partial charge on any atom is -0.490 e. The second-order valence-electron chi connectivity index (χ2n) is 9.54. The molecule has 1 saturated heterocycles. The highest BCUT2D eigenvalue weighted by Crippen LogP contribution is 2.34. The molecule has 0 radical (unpaired) electrons. The van der Waals surface area contributed by atoms with E-state index in [0.29, 0.717) is 36.7 Å². The molecular formula is C28H33N5O3. The maximum Gasteiger partial charge on any atom is 0.317 e. The molecule has 2 aliphatic rings. The number of likely N-dealkylation sites (tertiary alicyclic amines) is 1. The zero-order valence-electron chi connectivity index (χ0n) is 21.3. The molecule has 0 unspecified atom stereocenters. The van der Waals surface area contributed by atoms with Gasteiger partial charge in [-0.3, -0.25) is 4.99 Å². The molecule has 0 bridgehead atoms. The number of ether oxygens (including phenoxy) is 1. The summed E-state index contributed by atoms with van der Waals surface area (Å²) in [6.45, 7) is 6.71. The molecule has 36 heavy (non-hydrogen) atoms. The maximum absolute atomic E-state index is 12.7. The van der Waals surface area contributed by atoms with Gasteiger partial charge in [-0.2, -0.15) is 5.26 Å². The van der Waals surface area contributed by atoms with E-state index in [1.165, 1.54) is 0 Å². The van der Waals surface area contributed by atoms with Crippen LogP contribution in [-0.4, -0.2) is 59.9 Å². The molecule has 1 aliphatic carbocycles. The molecule has 0 saturated carbocycles. The Hall–Kier alpha value is -3.70. The van der Waals surface area contributed by atoms with Crippen LogP contribution < -0.4 is 10.1 Å². The van der Waals surface area contributed by atoms with Crippen molar-refractivity contribution in [2.75, 3.05) is 20.1 Å². The molecule has 2 N–H and O–H groups in total. The number of aliphatic imine (C=N–C) groups is 2. The van der Waals surface area contributed by atoms with E-state index in [9.17, 15) is 15.2 Å². The van der Waals surface area contributed by atoms with Crippen LogP contribution in [0.15, 0.2) is 46.4 Å². The lowest BCUT2D eigenvalue weighted by Crippen LogP contribution is -2.40. The Kier molecular flexibility index (Phi) is 7.70. The van der Waals surface area contributed by atoms with Gasteiger partial charge in [0.1, 0.15) is 11.8 Å². The third-order valence-corrected chi connectivity index (χ3v) is 6.63. The Morgan fingerprint density at radius 1 is 1.28 bits per heavy atom. The lowest BCUT2D eigenvalue weighted by atomic mass is 10.0. The molecule has 8 nitrogen and oxygen atoms in total. The molecular weight excluding hydrogens is 454 g/mol. The van der Waals surface area contributed by atoms with Crippen LogP contribution in [0.1, 0.15) is 67.5 Å². The zero-order valence-corrected chi connectivity index (χ0v) is 21.3. The van der Waals surface area contributed by atoms with Gasteiger partial charge in [0.25, 0.3) is 0 Å². The van der Waals surface area contributed by atoms with E-state index in [1.54, 1.807) is 18.0 Å². The van der Waals surface area contributed by atoms with Crippen molar-refractivity contribution < 1.29 is 14.6 Å². The number of hydrogen-bond acceptors (Lipinski definition) is 5.